The molecule has 1 rings (SSSR count). The van der Waals surface area contributed by atoms with Gasteiger partial charge in [-0.05, 0) is 24.3 Å². The Kier molecular flexibility index (Phi) is 5.51. The van der Waals surface area contributed by atoms with Crippen LogP contribution in [0.25, 0.3) is 0 Å². The lowest BCUT2D eigenvalue weighted by atomic mass is 9.99. The summed E-state index contributed by atoms with van der Waals surface area (Å²) in [5.41, 5.74) is 6.73. The number of thioether (sulfide) groups is 1. The van der Waals surface area contributed by atoms with Gasteiger partial charge in [0, 0.05) is 4.90 Å². The average molecular weight is 252 g/mol. The summed E-state index contributed by atoms with van der Waals surface area (Å²) in [7, 11) is 0. The van der Waals surface area contributed by atoms with Gasteiger partial charge in [0.2, 0.25) is 5.91 Å². The highest BCUT2D eigenvalue weighted by molar-refractivity contribution is 7.98. The minimum atomic E-state index is -0.449. The van der Waals surface area contributed by atoms with Gasteiger partial charge in [-0.3, -0.25) is 4.79 Å². The van der Waals surface area contributed by atoms with Crippen molar-refractivity contribution in [3.8, 4) is 0 Å². The third-order valence-corrected chi connectivity index (χ3v) is 3.72. The molecule has 4 heteroatoms. The van der Waals surface area contributed by atoms with Gasteiger partial charge < -0.3 is 11.1 Å². The molecular formula is C13H20N2OS. The van der Waals surface area contributed by atoms with E-state index in [9.17, 15) is 4.79 Å². The van der Waals surface area contributed by atoms with Crippen molar-refractivity contribution in [1.82, 2.24) is 0 Å². The SMILES string of the molecule is CCC(C)[C@H](N)C(=O)Nc1ccccc1SC. The van der Waals surface area contributed by atoms with Crippen LogP contribution in [0.5, 0.6) is 0 Å². The van der Waals surface area contributed by atoms with Gasteiger partial charge in [0.05, 0.1) is 11.7 Å². The highest BCUT2D eigenvalue weighted by Gasteiger charge is 2.19. The normalized spacial score (nSPS) is 14.1. The summed E-state index contributed by atoms with van der Waals surface area (Å²) in [6, 6.07) is 7.29. The third kappa shape index (κ3) is 3.75. The molecule has 17 heavy (non-hydrogen) atoms. The standard InChI is InChI=1S/C13H20N2OS/c1-4-9(2)12(14)13(16)15-10-7-5-6-8-11(10)17-3/h5-9,12H,4,14H2,1-3H3,(H,15,16)/t9?,12-/m0/s1. The zero-order valence-corrected chi connectivity index (χ0v) is 11.4. The predicted molar refractivity (Wildman–Crippen MR) is 74.3 cm³/mol. The van der Waals surface area contributed by atoms with Gasteiger partial charge in [-0.25, -0.2) is 0 Å². The summed E-state index contributed by atoms with van der Waals surface area (Å²) >= 11 is 1.61. The maximum atomic E-state index is 11.9. The largest absolute Gasteiger partial charge is 0.324 e. The molecule has 0 saturated carbocycles. The van der Waals surface area contributed by atoms with Gasteiger partial charge in [0.1, 0.15) is 0 Å². The minimum absolute atomic E-state index is 0.110. The molecule has 1 unspecified atom stereocenters. The van der Waals surface area contributed by atoms with E-state index in [4.69, 9.17) is 5.73 Å². The van der Waals surface area contributed by atoms with Crippen molar-refractivity contribution >= 4 is 23.4 Å². The van der Waals surface area contributed by atoms with Crippen molar-refractivity contribution in [3.05, 3.63) is 24.3 Å². The molecule has 1 aromatic carbocycles. The fourth-order valence-corrected chi connectivity index (χ4v) is 2.03. The zero-order valence-electron chi connectivity index (χ0n) is 10.6. The van der Waals surface area contributed by atoms with E-state index < -0.39 is 6.04 Å². The number of rotatable bonds is 5. The number of anilines is 1. The van der Waals surface area contributed by atoms with Crippen LogP contribution in [0.3, 0.4) is 0 Å². The van der Waals surface area contributed by atoms with Gasteiger partial charge in [0.25, 0.3) is 0 Å². The summed E-state index contributed by atoms with van der Waals surface area (Å²) < 4.78 is 0. The molecule has 94 valence electrons. The van der Waals surface area contributed by atoms with Crippen molar-refractivity contribution in [2.45, 2.75) is 31.2 Å². The Morgan fingerprint density at radius 1 is 1.47 bits per heavy atom. The Balaban J connectivity index is 2.74. The topological polar surface area (TPSA) is 55.1 Å². The van der Waals surface area contributed by atoms with Crippen LogP contribution in [-0.2, 0) is 4.79 Å². The molecule has 0 aliphatic heterocycles. The first-order chi connectivity index (χ1) is 8.10. The Hall–Kier alpha value is -1.00. The van der Waals surface area contributed by atoms with E-state index in [1.54, 1.807) is 11.8 Å². The van der Waals surface area contributed by atoms with Gasteiger partial charge in [-0.2, -0.15) is 0 Å². The quantitative estimate of drug-likeness (QED) is 0.792. The lowest BCUT2D eigenvalue weighted by Gasteiger charge is -2.18. The molecule has 3 nitrogen and oxygen atoms in total. The van der Waals surface area contributed by atoms with Crippen molar-refractivity contribution in [3.63, 3.8) is 0 Å². The number of hydrogen-bond acceptors (Lipinski definition) is 3. The summed E-state index contributed by atoms with van der Waals surface area (Å²) in [4.78, 5) is 13.0. The summed E-state index contributed by atoms with van der Waals surface area (Å²) in [6.45, 7) is 4.03. The highest BCUT2D eigenvalue weighted by Crippen LogP contribution is 2.24. The molecule has 0 aliphatic rings. The Labute approximate surface area is 107 Å². The number of hydrogen-bond donors (Lipinski definition) is 2. The van der Waals surface area contributed by atoms with E-state index in [-0.39, 0.29) is 11.8 Å². The first-order valence-corrected chi connectivity index (χ1v) is 7.02. The third-order valence-electron chi connectivity index (χ3n) is 2.92. The van der Waals surface area contributed by atoms with E-state index in [2.05, 4.69) is 5.32 Å². The minimum Gasteiger partial charge on any atom is -0.324 e. The van der Waals surface area contributed by atoms with Crippen molar-refractivity contribution < 1.29 is 4.79 Å². The van der Waals surface area contributed by atoms with Crippen LogP contribution in [0, 0.1) is 5.92 Å². The van der Waals surface area contributed by atoms with Crippen molar-refractivity contribution in [2.75, 3.05) is 11.6 Å². The summed E-state index contributed by atoms with van der Waals surface area (Å²) in [5, 5.41) is 2.89. The maximum absolute atomic E-state index is 11.9. The molecule has 0 aromatic heterocycles. The second kappa shape index (κ2) is 6.67. The van der Waals surface area contributed by atoms with Crippen LogP contribution in [0.15, 0.2) is 29.2 Å². The molecule has 1 amide bonds. The van der Waals surface area contributed by atoms with Crippen LogP contribution in [-0.4, -0.2) is 18.2 Å². The Bertz CT molecular complexity index is 381. The summed E-state index contributed by atoms with van der Waals surface area (Å²) in [5.74, 6) is 0.0808. The Morgan fingerprint density at radius 2 is 2.12 bits per heavy atom. The van der Waals surface area contributed by atoms with Gasteiger partial charge >= 0.3 is 0 Å². The fourth-order valence-electron chi connectivity index (χ4n) is 1.48. The fraction of sp³-hybridized carbons (Fsp3) is 0.462. The van der Waals surface area contributed by atoms with Crippen LogP contribution >= 0.6 is 11.8 Å². The van der Waals surface area contributed by atoms with E-state index in [0.717, 1.165) is 17.0 Å². The molecule has 1 aromatic rings. The van der Waals surface area contributed by atoms with Crippen molar-refractivity contribution in [2.24, 2.45) is 11.7 Å². The molecule has 0 fully saturated rings. The number of carbonyl (C=O) groups is 1. The molecule has 0 radical (unpaired) electrons. The zero-order chi connectivity index (χ0) is 12.8. The van der Waals surface area contributed by atoms with Gasteiger partial charge in [-0.15, -0.1) is 11.8 Å². The maximum Gasteiger partial charge on any atom is 0.241 e. The number of nitrogens with two attached hydrogens (primary N) is 1. The smallest absolute Gasteiger partial charge is 0.241 e. The number of benzene rings is 1. The molecule has 0 heterocycles. The lowest BCUT2D eigenvalue weighted by Crippen LogP contribution is -2.40. The van der Waals surface area contributed by atoms with Crippen LogP contribution in [0.1, 0.15) is 20.3 Å². The number of nitrogens with one attached hydrogen (secondary N) is 1. The molecule has 3 N–H and O–H groups in total. The highest BCUT2D eigenvalue weighted by atomic mass is 32.2. The van der Waals surface area contributed by atoms with E-state index in [0.29, 0.717) is 0 Å². The second-order valence-corrected chi connectivity index (χ2v) is 4.95. The molecule has 0 aliphatic carbocycles. The van der Waals surface area contributed by atoms with E-state index in [1.165, 1.54) is 0 Å². The molecule has 0 saturated heterocycles. The summed E-state index contributed by atoms with van der Waals surface area (Å²) in [6.07, 6.45) is 2.89. The predicted octanol–water partition coefficient (Wildman–Crippen LogP) is 2.72. The first-order valence-electron chi connectivity index (χ1n) is 5.79. The van der Waals surface area contributed by atoms with Crippen LogP contribution < -0.4 is 11.1 Å². The molecule has 0 spiro atoms. The van der Waals surface area contributed by atoms with Crippen LogP contribution in [0.2, 0.25) is 0 Å². The molecule has 2 atom stereocenters. The number of amides is 1. The van der Waals surface area contributed by atoms with E-state index >= 15 is 0 Å². The Morgan fingerprint density at radius 3 is 2.71 bits per heavy atom. The average Bonchev–Trinajstić information content (AvgIpc) is 2.37. The number of carbonyl (C=O) groups excluding carboxylic acids is 1. The van der Waals surface area contributed by atoms with Crippen LogP contribution in [0.4, 0.5) is 5.69 Å². The van der Waals surface area contributed by atoms with Crippen molar-refractivity contribution in [1.29, 1.82) is 0 Å². The molecular weight excluding hydrogens is 232 g/mol. The number of para-hydroxylation sites is 1. The first kappa shape index (κ1) is 14.1. The van der Waals surface area contributed by atoms with Gasteiger partial charge in [0.15, 0.2) is 0 Å². The lowest BCUT2D eigenvalue weighted by molar-refractivity contribution is -0.118. The monoisotopic (exact) mass is 252 g/mol. The van der Waals surface area contributed by atoms with E-state index in [1.807, 2.05) is 44.4 Å². The second-order valence-electron chi connectivity index (χ2n) is 4.10. The van der Waals surface area contributed by atoms with Gasteiger partial charge in [-0.1, -0.05) is 32.4 Å². The molecule has 0 bridgehead atoms.